The van der Waals surface area contributed by atoms with E-state index < -0.39 is 23.6 Å². The van der Waals surface area contributed by atoms with Crippen molar-refractivity contribution in [3.63, 3.8) is 0 Å². The van der Waals surface area contributed by atoms with Crippen LogP contribution >= 0.6 is 0 Å². The first-order valence-corrected chi connectivity index (χ1v) is 14.7. The van der Waals surface area contributed by atoms with Crippen molar-refractivity contribution >= 4 is 28.5 Å². The van der Waals surface area contributed by atoms with Crippen LogP contribution in [0.3, 0.4) is 0 Å². The number of unbranched alkanes of at least 4 members (excludes halogenated alkanes) is 1. The predicted octanol–water partition coefficient (Wildman–Crippen LogP) is 5.32. The van der Waals surface area contributed by atoms with Crippen molar-refractivity contribution in [2.75, 3.05) is 43.4 Å². The number of benzene rings is 2. The molecule has 0 radical (unpaired) electrons. The highest BCUT2D eigenvalue weighted by Crippen LogP contribution is 2.22. The Balaban J connectivity index is 1.19. The highest BCUT2D eigenvalue weighted by Gasteiger charge is 2.21. The van der Waals surface area contributed by atoms with Gasteiger partial charge in [0, 0.05) is 48.9 Å². The lowest BCUT2D eigenvalue weighted by Gasteiger charge is -2.25. The topological polar surface area (TPSA) is 112 Å². The summed E-state index contributed by atoms with van der Waals surface area (Å²) in [7, 11) is 0. The fourth-order valence-electron chi connectivity index (χ4n) is 5.24. The summed E-state index contributed by atoms with van der Waals surface area (Å²) >= 11 is 0. The van der Waals surface area contributed by atoms with E-state index in [9.17, 15) is 18.7 Å². The maximum atomic E-state index is 13.6. The summed E-state index contributed by atoms with van der Waals surface area (Å²) < 4.78 is 32.8. The molecule has 2 aromatic carbocycles. The predicted molar refractivity (Wildman–Crippen MR) is 161 cm³/mol. The number of aryl methyl sites for hydroxylation is 2. The van der Waals surface area contributed by atoms with E-state index in [0.717, 1.165) is 79.3 Å². The van der Waals surface area contributed by atoms with Crippen molar-refractivity contribution in [1.29, 1.82) is 0 Å². The summed E-state index contributed by atoms with van der Waals surface area (Å²) in [5.74, 6) is -0.824. The zero-order chi connectivity index (χ0) is 30.0. The van der Waals surface area contributed by atoms with Crippen molar-refractivity contribution in [1.82, 2.24) is 19.9 Å². The van der Waals surface area contributed by atoms with Crippen molar-refractivity contribution < 1.29 is 23.4 Å². The van der Waals surface area contributed by atoms with E-state index in [1.807, 2.05) is 24.3 Å². The molecule has 0 fully saturated rings. The number of carboxylic acids is 1. The van der Waals surface area contributed by atoms with Crippen molar-refractivity contribution in [2.45, 2.75) is 44.6 Å². The molecule has 9 nitrogen and oxygen atoms in total. The number of fused-ring (bicyclic) bond motifs is 2. The fraction of sp³-hybridized carbons (Fsp3) is 0.375. The van der Waals surface area contributed by atoms with Gasteiger partial charge in [0.25, 0.3) is 0 Å². The van der Waals surface area contributed by atoms with Crippen LogP contribution in [0.5, 0.6) is 5.75 Å². The van der Waals surface area contributed by atoms with E-state index in [4.69, 9.17) is 9.72 Å². The SMILES string of the molecule is O=C(O)C(CCN(CCCCc1ccc2c(n1)NCCC2)CCOc1cc(F)cc(F)c1)Nc1ncnc2ccccc12. The number of anilines is 2. The van der Waals surface area contributed by atoms with Gasteiger partial charge in [0.1, 0.15) is 48.0 Å². The molecule has 43 heavy (non-hydrogen) atoms. The number of nitrogens with zero attached hydrogens (tertiary/aromatic N) is 4. The van der Waals surface area contributed by atoms with Gasteiger partial charge in [-0.05, 0) is 68.8 Å². The van der Waals surface area contributed by atoms with E-state index in [2.05, 4.69) is 37.6 Å². The van der Waals surface area contributed by atoms with Gasteiger partial charge in [-0.2, -0.15) is 0 Å². The third kappa shape index (κ3) is 8.57. The quantitative estimate of drug-likeness (QED) is 0.158. The Kier molecular flexibility index (Phi) is 10.3. The molecule has 4 aromatic rings. The van der Waals surface area contributed by atoms with Gasteiger partial charge in [0.15, 0.2) is 0 Å². The minimum atomic E-state index is -0.985. The molecular formula is C32H36F2N6O3. The number of aliphatic carboxylic acids is 1. The van der Waals surface area contributed by atoms with Crippen molar-refractivity contribution in [2.24, 2.45) is 0 Å². The molecule has 1 atom stereocenters. The molecule has 3 heterocycles. The normalized spacial score (nSPS) is 13.4. The van der Waals surface area contributed by atoms with Crippen LogP contribution in [-0.2, 0) is 17.6 Å². The molecule has 1 aliphatic heterocycles. The molecule has 11 heteroatoms. The Hall–Kier alpha value is -4.38. The lowest BCUT2D eigenvalue weighted by molar-refractivity contribution is -0.138. The molecule has 5 rings (SSSR count). The maximum absolute atomic E-state index is 13.6. The fourth-order valence-corrected chi connectivity index (χ4v) is 5.24. The number of para-hydroxylation sites is 1. The Labute approximate surface area is 249 Å². The molecular weight excluding hydrogens is 554 g/mol. The number of hydrogen-bond acceptors (Lipinski definition) is 8. The molecule has 226 valence electrons. The van der Waals surface area contributed by atoms with Gasteiger partial charge in [-0.3, -0.25) is 4.90 Å². The minimum absolute atomic E-state index is 0.116. The number of nitrogens with one attached hydrogen (secondary N) is 2. The monoisotopic (exact) mass is 590 g/mol. The standard InChI is InChI=1S/C32H36F2N6O3/c33-23-18-24(34)20-26(19-23)43-17-16-40(14-4-3-7-25-11-10-22-6-5-13-35-30(22)38-25)15-12-29(32(41)42)39-31-27-8-1-2-9-28(27)36-21-37-31/h1-2,8-11,18-21,29H,3-7,12-17H2,(H,35,38)(H,41,42)(H,36,37,39). The van der Waals surface area contributed by atoms with Crippen LogP contribution in [0.25, 0.3) is 10.9 Å². The van der Waals surface area contributed by atoms with Crippen LogP contribution in [0.2, 0.25) is 0 Å². The number of carboxylic acid groups (broad SMARTS) is 1. The second-order valence-corrected chi connectivity index (χ2v) is 10.7. The lowest BCUT2D eigenvalue weighted by Crippen LogP contribution is -2.37. The van der Waals surface area contributed by atoms with Crippen molar-refractivity contribution in [3.05, 3.63) is 83.8 Å². The van der Waals surface area contributed by atoms with Gasteiger partial charge < -0.3 is 20.5 Å². The molecule has 3 N–H and O–H groups in total. The number of carbonyl (C=O) groups is 1. The average molecular weight is 591 g/mol. The second kappa shape index (κ2) is 14.7. The van der Waals surface area contributed by atoms with Crippen LogP contribution in [-0.4, -0.2) is 69.8 Å². The average Bonchev–Trinajstić information content (AvgIpc) is 3.00. The van der Waals surface area contributed by atoms with Crippen LogP contribution in [0.15, 0.2) is 60.9 Å². The van der Waals surface area contributed by atoms with E-state index >= 15 is 0 Å². The minimum Gasteiger partial charge on any atom is -0.492 e. The zero-order valence-corrected chi connectivity index (χ0v) is 23.9. The smallest absolute Gasteiger partial charge is 0.326 e. The van der Waals surface area contributed by atoms with E-state index in [0.29, 0.717) is 31.9 Å². The number of halogens is 2. The number of ether oxygens (including phenoxy) is 1. The molecule has 0 spiro atoms. The largest absolute Gasteiger partial charge is 0.492 e. The van der Waals surface area contributed by atoms with Crippen LogP contribution in [0.1, 0.15) is 36.9 Å². The Morgan fingerprint density at radius 1 is 1.05 bits per heavy atom. The lowest BCUT2D eigenvalue weighted by atomic mass is 10.1. The first-order valence-electron chi connectivity index (χ1n) is 14.7. The summed E-state index contributed by atoms with van der Waals surface area (Å²) in [5, 5.41) is 17.2. The van der Waals surface area contributed by atoms with Gasteiger partial charge in [-0.1, -0.05) is 18.2 Å². The van der Waals surface area contributed by atoms with Gasteiger partial charge in [-0.15, -0.1) is 0 Å². The number of rotatable bonds is 15. The summed E-state index contributed by atoms with van der Waals surface area (Å²) in [6.07, 6.45) is 6.50. The number of pyridine rings is 1. The van der Waals surface area contributed by atoms with Crippen LogP contribution < -0.4 is 15.4 Å². The third-order valence-corrected chi connectivity index (χ3v) is 7.51. The zero-order valence-electron chi connectivity index (χ0n) is 23.9. The van der Waals surface area contributed by atoms with Gasteiger partial charge >= 0.3 is 5.97 Å². The van der Waals surface area contributed by atoms with Gasteiger partial charge in [-0.25, -0.2) is 28.5 Å². The first kappa shape index (κ1) is 30.1. The molecule has 2 aromatic heterocycles. The highest BCUT2D eigenvalue weighted by atomic mass is 19.1. The Morgan fingerprint density at radius 3 is 2.72 bits per heavy atom. The van der Waals surface area contributed by atoms with E-state index in [1.165, 1.54) is 11.9 Å². The molecule has 0 saturated heterocycles. The summed E-state index contributed by atoms with van der Waals surface area (Å²) in [5.41, 5.74) is 3.03. The molecule has 1 aliphatic rings. The summed E-state index contributed by atoms with van der Waals surface area (Å²) in [6.45, 7) is 2.77. The maximum Gasteiger partial charge on any atom is 0.326 e. The number of aromatic nitrogens is 3. The Bertz CT molecular complexity index is 1510. The second-order valence-electron chi connectivity index (χ2n) is 10.7. The Morgan fingerprint density at radius 2 is 1.88 bits per heavy atom. The first-order chi connectivity index (χ1) is 20.9. The molecule has 1 unspecified atom stereocenters. The molecule has 0 amide bonds. The summed E-state index contributed by atoms with van der Waals surface area (Å²) in [6, 6.07) is 13.9. The van der Waals surface area contributed by atoms with Gasteiger partial charge in [0.05, 0.1) is 5.52 Å². The summed E-state index contributed by atoms with van der Waals surface area (Å²) in [4.78, 5) is 27.6. The third-order valence-electron chi connectivity index (χ3n) is 7.51. The molecule has 0 saturated carbocycles. The van der Waals surface area contributed by atoms with Crippen LogP contribution in [0, 0.1) is 11.6 Å². The van der Waals surface area contributed by atoms with Gasteiger partial charge in [0.2, 0.25) is 0 Å². The van der Waals surface area contributed by atoms with E-state index in [1.54, 1.807) is 0 Å². The molecule has 0 aliphatic carbocycles. The highest BCUT2D eigenvalue weighted by molar-refractivity contribution is 5.90. The van der Waals surface area contributed by atoms with E-state index in [-0.39, 0.29) is 12.4 Å². The van der Waals surface area contributed by atoms with Crippen LogP contribution in [0.4, 0.5) is 20.4 Å². The molecule has 0 bridgehead atoms. The van der Waals surface area contributed by atoms with Crippen molar-refractivity contribution in [3.8, 4) is 5.75 Å². The number of hydrogen-bond donors (Lipinski definition) is 3.